The quantitative estimate of drug-likeness (QED) is 0.284. The zero-order valence-electron chi connectivity index (χ0n) is 19.5. The van der Waals surface area contributed by atoms with Crippen LogP contribution in [0.4, 0.5) is 0 Å². The van der Waals surface area contributed by atoms with E-state index < -0.39 is 0 Å². The number of amides is 1. The number of esters is 1. The zero-order chi connectivity index (χ0) is 21.7. The largest absolute Gasteiger partial charge is 0.438 e. The van der Waals surface area contributed by atoms with Gasteiger partial charge in [-0.2, -0.15) is 0 Å². The normalized spacial score (nSPS) is 33.8. The Kier molecular flexibility index (Phi) is 7.58. The van der Waals surface area contributed by atoms with Crippen molar-refractivity contribution in [2.45, 2.75) is 108 Å². The van der Waals surface area contributed by atoms with Crippen LogP contribution in [0.25, 0.3) is 0 Å². The number of hydrogen-bond donors (Lipinski definition) is 1. The molecule has 1 saturated heterocycles. The monoisotopic (exact) mass is 434 g/mol. The predicted molar refractivity (Wildman–Crippen MR) is 119 cm³/mol. The highest BCUT2D eigenvalue weighted by Gasteiger charge is 2.58. The van der Waals surface area contributed by atoms with Crippen LogP contribution in [0.2, 0.25) is 0 Å². The minimum Gasteiger partial charge on any atom is -0.438 e. The molecule has 176 valence electrons. The van der Waals surface area contributed by atoms with Gasteiger partial charge in [0.05, 0.1) is 12.1 Å². The van der Waals surface area contributed by atoms with Crippen LogP contribution < -0.4 is 5.32 Å². The average molecular weight is 435 g/mol. The Hall–Kier alpha value is -1.14. The Morgan fingerprint density at radius 3 is 2.42 bits per heavy atom. The van der Waals surface area contributed by atoms with Crippen molar-refractivity contribution >= 4 is 11.9 Å². The maximum atomic E-state index is 12.6. The van der Waals surface area contributed by atoms with Gasteiger partial charge in [-0.1, -0.05) is 32.6 Å². The Morgan fingerprint density at radius 1 is 1.00 bits per heavy atom. The second-order valence-corrected chi connectivity index (χ2v) is 10.8. The number of nitrogens with zero attached hydrogens (tertiary/aromatic N) is 1. The number of likely N-dealkylation sites (tertiary alicyclic amines) is 1. The van der Waals surface area contributed by atoms with Crippen LogP contribution >= 0.6 is 0 Å². The minimum atomic E-state index is -0.185. The zero-order valence-corrected chi connectivity index (χ0v) is 19.5. The molecule has 1 amide bonds. The van der Waals surface area contributed by atoms with E-state index in [9.17, 15) is 9.59 Å². The number of ether oxygens (including phenoxy) is 2. The summed E-state index contributed by atoms with van der Waals surface area (Å²) in [5.74, 6) is 1.43. The van der Waals surface area contributed by atoms with E-state index in [0.717, 1.165) is 70.9 Å². The summed E-state index contributed by atoms with van der Waals surface area (Å²) in [4.78, 5) is 26.7. The molecule has 1 heterocycles. The number of nitrogens with one attached hydrogen (secondary N) is 1. The lowest BCUT2D eigenvalue weighted by Gasteiger charge is -2.61. The molecule has 5 fully saturated rings. The molecule has 0 spiro atoms. The van der Waals surface area contributed by atoms with Crippen molar-refractivity contribution in [1.82, 2.24) is 10.2 Å². The first kappa shape index (κ1) is 23.0. The molecule has 31 heavy (non-hydrogen) atoms. The second-order valence-electron chi connectivity index (χ2n) is 10.8. The molecule has 4 saturated carbocycles. The predicted octanol–water partition coefficient (Wildman–Crippen LogP) is 4.17. The topological polar surface area (TPSA) is 67.9 Å². The maximum absolute atomic E-state index is 12.6. The van der Waals surface area contributed by atoms with Crippen LogP contribution in [0.1, 0.15) is 96.8 Å². The average Bonchev–Trinajstić information content (AvgIpc) is 3.26. The van der Waals surface area contributed by atoms with Gasteiger partial charge in [0.15, 0.2) is 6.79 Å². The Balaban J connectivity index is 1.24. The van der Waals surface area contributed by atoms with Crippen LogP contribution in [0.3, 0.4) is 0 Å². The Morgan fingerprint density at radius 2 is 1.71 bits per heavy atom. The molecule has 2 unspecified atom stereocenters. The van der Waals surface area contributed by atoms with Crippen molar-refractivity contribution in [1.29, 1.82) is 0 Å². The van der Waals surface area contributed by atoms with E-state index in [-0.39, 0.29) is 29.8 Å². The highest BCUT2D eigenvalue weighted by atomic mass is 16.7. The summed E-state index contributed by atoms with van der Waals surface area (Å²) in [6.45, 7) is 4.55. The summed E-state index contributed by atoms with van der Waals surface area (Å²) >= 11 is 0. The fourth-order valence-electron chi connectivity index (χ4n) is 7.06. The van der Waals surface area contributed by atoms with Crippen LogP contribution in [-0.4, -0.2) is 54.3 Å². The van der Waals surface area contributed by atoms with Crippen molar-refractivity contribution in [2.24, 2.45) is 11.8 Å². The molecule has 0 aromatic rings. The summed E-state index contributed by atoms with van der Waals surface area (Å²) in [6, 6.07) is 0. The van der Waals surface area contributed by atoms with Crippen molar-refractivity contribution in [3.05, 3.63) is 0 Å². The van der Waals surface area contributed by atoms with E-state index in [2.05, 4.69) is 12.2 Å². The standard InChI is InChI=1S/C25H42N2O4/c1-2-3-4-5-6-9-23(29)30-19-31-25-15-20-12-21(16-25)14-24(13-20,18-25)26-17-22(28)27-10-7-8-11-27/h20-21,26H,2-19H2,1H3. The summed E-state index contributed by atoms with van der Waals surface area (Å²) in [5, 5.41) is 3.69. The van der Waals surface area contributed by atoms with Gasteiger partial charge in [-0.25, -0.2) is 0 Å². The van der Waals surface area contributed by atoms with E-state index in [0.29, 0.717) is 24.8 Å². The van der Waals surface area contributed by atoms with Gasteiger partial charge in [-0.3, -0.25) is 9.59 Å². The highest BCUT2D eigenvalue weighted by Crippen LogP contribution is 2.58. The van der Waals surface area contributed by atoms with Crippen LogP contribution in [0.5, 0.6) is 0 Å². The maximum Gasteiger partial charge on any atom is 0.307 e. The van der Waals surface area contributed by atoms with Crippen LogP contribution in [-0.2, 0) is 19.1 Å². The van der Waals surface area contributed by atoms with E-state index in [4.69, 9.17) is 9.47 Å². The van der Waals surface area contributed by atoms with Crippen molar-refractivity contribution < 1.29 is 19.1 Å². The van der Waals surface area contributed by atoms with Gasteiger partial charge < -0.3 is 19.7 Å². The fraction of sp³-hybridized carbons (Fsp3) is 0.920. The molecule has 2 atom stereocenters. The van der Waals surface area contributed by atoms with E-state index in [1.807, 2.05) is 4.90 Å². The van der Waals surface area contributed by atoms with E-state index in [1.54, 1.807) is 0 Å². The van der Waals surface area contributed by atoms with Gasteiger partial charge in [0, 0.05) is 25.0 Å². The number of unbranched alkanes of at least 4 members (excludes halogenated alkanes) is 4. The molecule has 5 aliphatic rings. The van der Waals surface area contributed by atoms with Gasteiger partial charge >= 0.3 is 5.97 Å². The molecular weight excluding hydrogens is 392 g/mol. The molecular formula is C25H42N2O4. The summed E-state index contributed by atoms with van der Waals surface area (Å²) in [6.07, 6.45) is 15.1. The van der Waals surface area contributed by atoms with Gasteiger partial charge in [-0.15, -0.1) is 0 Å². The third kappa shape index (κ3) is 5.81. The molecule has 6 heteroatoms. The second kappa shape index (κ2) is 10.2. The Labute approximate surface area is 187 Å². The molecule has 4 bridgehead atoms. The number of hydrogen-bond acceptors (Lipinski definition) is 5. The van der Waals surface area contributed by atoms with Gasteiger partial charge in [0.2, 0.25) is 5.91 Å². The first-order valence-electron chi connectivity index (χ1n) is 12.8. The summed E-state index contributed by atoms with van der Waals surface area (Å²) in [5.41, 5.74) is -0.169. The van der Waals surface area contributed by atoms with Gasteiger partial charge in [0.1, 0.15) is 0 Å². The third-order valence-electron chi connectivity index (χ3n) is 8.15. The van der Waals surface area contributed by atoms with Crippen molar-refractivity contribution in [2.75, 3.05) is 26.4 Å². The first-order valence-corrected chi connectivity index (χ1v) is 12.8. The summed E-state index contributed by atoms with van der Waals surface area (Å²) in [7, 11) is 0. The van der Waals surface area contributed by atoms with E-state index in [1.165, 1.54) is 25.7 Å². The Bertz CT molecular complexity index is 617. The van der Waals surface area contributed by atoms with E-state index >= 15 is 0 Å². The summed E-state index contributed by atoms with van der Waals surface area (Å²) < 4.78 is 11.8. The highest BCUT2D eigenvalue weighted by molar-refractivity contribution is 5.78. The number of carbonyl (C=O) groups is 2. The third-order valence-corrected chi connectivity index (χ3v) is 8.15. The lowest BCUT2D eigenvalue weighted by Crippen LogP contribution is -2.66. The smallest absolute Gasteiger partial charge is 0.307 e. The first-order chi connectivity index (χ1) is 15.0. The van der Waals surface area contributed by atoms with Crippen molar-refractivity contribution in [3.8, 4) is 0 Å². The van der Waals surface area contributed by atoms with Gasteiger partial charge in [-0.05, 0) is 69.6 Å². The van der Waals surface area contributed by atoms with Crippen LogP contribution in [0, 0.1) is 11.8 Å². The van der Waals surface area contributed by atoms with Gasteiger partial charge in [0.25, 0.3) is 0 Å². The minimum absolute atomic E-state index is 0.0166. The lowest BCUT2D eigenvalue weighted by atomic mass is 9.51. The molecule has 4 aliphatic carbocycles. The number of rotatable bonds is 12. The molecule has 0 aromatic heterocycles. The molecule has 0 aromatic carbocycles. The SMILES string of the molecule is CCCCCCCC(=O)OCOC12CC3CC(CC(NCC(=O)N4CCCC4)(C3)C1)C2. The molecule has 6 nitrogen and oxygen atoms in total. The number of carbonyl (C=O) groups excluding carboxylic acids is 2. The lowest BCUT2D eigenvalue weighted by molar-refractivity contribution is -0.217. The fourth-order valence-corrected chi connectivity index (χ4v) is 7.06. The molecule has 5 rings (SSSR count). The molecule has 1 N–H and O–H groups in total. The molecule has 1 aliphatic heterocycles. The van der Waals surface area contributed by atoms with Crippen LogP contribution in [0.15, 0.2) is 0 Å². The van der Waals surface area contributed by atoms with Crippen molar-refractivity contribution in [3.63, 3.8) is 0 Å². The molecule has 0 radical (unpaired) electrons.